The number of morpholine rings is 1. The fourth-order valence-corrected chi connectivity index (χ4v) is 6.25. The summed E-state index contributed by atoms with van der Waals surface area (Å²) in [6, 6.07) is 16.3. The lowest BCUT2D eigenvalue weighted by Gasteiger charge is -2.37. The molecule has 0 radical (unpaired) electrons. The van der Waals surface area contributed by atoms with Gasteiger partial charge in [-0.15, -0.1) is 0 Å². The Hall–Kier alpha value is -2.22. The number of piperidine rings is 1. The van der Waals surface area contributed by atoms with E-state index in [1.165, 1.54) is 6.07 Å². The highest BCUT2D eigenvalue weighted by atomic mass is 32.2. The monoisotopic (exact) mass is 442 g/mol. The standard InChI is InChI=1S/C24H30N2O4S/c1-18-9-6-7-14-26(18)31(28,29)22-13-8-12-21(15-22)24(27)25-16-19(2)30-23(17-25)20-10-4-3-5-11-20/h3-5,8,10-13,15,18-19,23H,6-7,9,14,16-17H2,1-2H3. The maximum Gasteiger partial charge on any atom is 0.254 e. The molecule has 31 heavy (non-hydrogen) atoms. The van der Waals surface area contributed by atoms with Crippen LogP contribution in [0.2, 0.25) is 0 Å². The SMILES string of the molecule is CC1CN(C(=O)c2cccc(S(=O)(=O)N3CCCCC3C)c2)CC(c2ccccc2)O1. The Morgan fingerprint density at radius 2 is 1.77 bits per heavy atom. The average molecular weight is 443 g/mol. The fourth-order valence-electron chi connectivity index (χ4n) is 4.51. The van der Waals surface area contributed by atoms with Gasteiger partial charge in [-0.05, 0) is 50.5 Å². The first-order valence-corrected chi connectivity index (χ1v) is 12.4. The number of ether oxygens (including phenoxy) is 1. The lowest BCUT2D eigenvalue weighted by Crippen LogP contribution is -2.46. The summed E-state index contributed by atoms with van der Waals surface area (Å²) in [4.78, 5) is 15.3. The van der Waals surface area contributed by atoms with Crippen molar-refractivity contribution < 1.29 is 17.9 Å². The van der Waals surface area contributed by atoms with Crippen LogP contribution in [0.1, 0.15) is 55.1 Å². The molecule has 1 amide bonds. The highest BCUT2D eigenvalue weighted by Crippen LogP contribution is 2.28. The van der Waals surface area contributed by atoms with Crippen LogP contribution in [0.4, 0.5) is 0 Å². The Bertz CT molecular complexity index is 1020. The number of hydrogen-bond acceptors (Lipinski definition) is 4. The number of carbonyl (C=O) groups excluding carboxylic acids is 1. The smallest absolute Gasteiger partial charge is 0.254 e. The van der Waals surface area contributed by atoms with E-state index in [2.05, 4.69) is 0 Å². The van der Waals surface area contributed by atoms with Crippen LogP contribution in [0.3, 0.4) is 0 Å². The third kappa shape index (κ3) is 4.68. The summed E-state index contributed by atoms with van der Waals surface area (Å²) in [5.74, 6) is -0.167. The van der Waals surface area contributed by atoms with Crippen LogP contribution in [0.15, 0.2) is 59.5 Å². The lowest BCUT2D eigenvalue weighted by atomic mass is 10.1. The van der Waals surface area contributed by atoms with Crippen LogP contribution in [0.25, 0.3) is 0 Å². The molecule has 0 N–H and O–H groups in total. The zero-order valence-corrected chi connectivity index (χ0v) is 18.9. The highest BCUT2D eigenvalue weighted by molar-refractivity contribution is 7.89. The zero-order valence-electron chi connectivity index (χ0n) is 18.1. The first-order chi connectivity index (χ1) is 14.9. The summed E-state index contributed by atoms with van der Waals surface area (Å²) in [6.45, 7) is 5.34. The van der Waals surface area contributed by atoms with Gasteiger partial charge in [-0.25, -0.2) is 8.42 Å². The molecule has 7 heteroatoms. The molecule has 2 saturated heterocycles. The minimum Gasteiger partial charge on any atom is -0.367 e. The van der Waals surface area contributed by atoms with Crippen molar-refractivity contribution in [3.8, 4) is 0 Å². The molecule has 2 heterocycles. The molecule has 166 valence electrons. The summed E-state index contributed by atoms with van der Waals surface area (Å²) in [5.41, 5.74) is 1.42. The van der Waals surface area contributed by atoms with Crippen LogP contribution >= 0.6 is 0 Å². The number of rotatable bonds is 4. The largest absolute Gasteiger partial charge is 0.367 e. The number of amides is 1. The Morgan fingerprint density at radius 3 is 2.52 bits per heavy atom. The third-order valence-electron chi connectivity index (χ3n) is 6.15. The van der Waals surface area contributed by atoms with E-state index in [0.29, 0.717) is 25.2 Å². The second-order valence-electron chi connectivity index (χ2n) is 8.54. The Labute approximate surface area is 184 Å². The molecular weight excluding hydrogens is 412 g/mol. The summed E-state index contributed by atoms with van der Waals surface area (Å²) in [6.07, 6.45) is 2.47. The van der Waals surface area contributed by atoms with E-state index in [1.807, 2.05) is 44.2 Å². The average Bonchev–Trinajstić information content (AvgIpc) is 2.79. The van der Waals surface area contributed by atoms with Gasteiger partial charge < -0.3 is 9.64 Å². The molecule has 0 aromatic heterocycles. The van der Waals surface area contributed by atoms with Crippen molar-refractivity contribution in [1.29, 1.82) is 0 Å². The lowest BCUT2D eigenvalue weighted by molar-refractivity contribution is -0.0691. The Balaban J connectivity index is 1.56. The first kappa shape index (κ1) is 22.0. The van der Waals surface area contributed by atoms with E-state index < -0.39 is 10.0 Å². The molecule has 2 fully saturated rings. The minimum absolute atomic E-state index is 0.0233. The summed E-state index contributed by atoms with van der Waals surface area (Å²) in [7, 11) is -3.62. The molecule has 3 unspecified atom stereocenters. The first-order valence-electron chi connectivity index (χ1n) is 11.0. The van der Waals surface area contributed by atoms with Crippen molar-refractivity contribution in [1.82, 2.24) is 9.21 Å². The number of nitrogens with zero attached hydrogens (tertiary/aromatic N) is 2. The number of benzene rings is 2. The molecule has 3 atom stereocenters. The van der Waals surface area contributed by atoms with E-state index in [1.54, 1.807) is 27.4 Å². The van der Waals surface area contributed by atoms with Crippen LogP contribution in [0, 0.1) is 0 Å². The molecule has 0 spiro atoms. The molecular formula is C24H30N2O4S. The van der Waals surface area contributed by atoms with Gasteiger partial charge in [-0.3, -0.25) is 4.79 Å². The van der Waals surface area contributed by atoms with E-state index >= 15 is 0 Å². The molecule has 6 nitrogen and oxygen atoms in total. The van der Waals surface area contributed by atoms with Crippen molar-refractivity contribution in [2.24, 2.45) is 0 Å². The molecule has 0 saturated carbocycles. The quantitative estimate of drug-likeness (QED) is 0.721. The molecule has 0 aliphatic carbocycles. The molecule has 2 aromatic carbocycles. The van der Waals surface area contributed by atoms with E-state index in [0.717, 1.165) is 24.8 Å². The second kappa shape index (κ2) is 9.10. The zero-order chi connectivity index (χ0) is 22.0. The van der Waals surface area contributed by atoms with Gasteiger partial charge in [0.25, 0.3) is 5.91 Å². The number of hydrogen-bond donors (Lipinski definition) is 0. The van der Waals surface area contributed by atoms with Gasteiger partial charge in [0.15, 0.2) is 0 Å². The highest BCUT2D eigenvalue weighted by Gasteiger charge is 2.33. The van der Waals surface area contributed by atoms with Crippen molar-refractivity contribution in [3.63, 3.8) is 0 Å². The van der Waals surface area contributed by atoms with Gasteiger partial charge >= 0.3 is 0 Å². The van der Waals surface area contributed by atoms with Gasteiger partial charge in [-0.2, -0.15) is 4.31 Å². The van der Waals surface area contributed by atoms with Crippen LogP contribution < -0.4 is 0 Å². The summed E-state index contributed by atoms with van der Waals surface area (Å²) >= 11 is 0. The summed E-state index contributed by atoms with van der Waals surface area (Å²) < 4.78 is 34.1. The minimum atomic E-state index is -3.62. The Kier molecular flexibility index (Phi) is 6.46. The van der Waals surface area contributed by atoms with Crippen LogP contribution in [0.5, 0.6) is 0 Å². The second-order valence-corrected chi connectivity index (χ2v) is 10.4. The molecule has 4 rings (SSSR count). The molecule has 2 aliphatic heterocycles. The predicted molar refractivity (Wildman–Crippen MR) is 119 cm³/mol. The van der Waals surface area contributed by atoms with E-state index in [4.69, 9.17) is 4.74 Å². The van der Waals surface area contributed by atoms with Crippen molar-refractivity contribution in [2.45, 2.75) is 56.3 Å². The molecule has 2 aliphatic rings. The summed E-state index contributed by atoms with van der Waals surface area (Å²) in [5, 5.41) is 0. The van der Waals surface area contributed by atoms with Crippen LogP contribution in [-0.2, 0) is 14.8 Å². The van der Waals surface area contributed by atoms with E-state index in [9.17, 15) is 13.2 Å². The van der Waals surface area contributed by atoms with Crippen LogP contribution in [-0.4, -0.2) is 55.3 Å². The van der Waals surface area contributed by atoms with Gasteiger partial charge in [-0.1, -0.05) is 42.8 Å². The maximum atomic E-state index is 13.3. The topological polar surface area (TPSA) is 66.9 Å². The Morgan fingerprint density at radius 1 is 1.00 bits per heavy atom. The number of sulfonamides is 1. The third-order valence-corrected chi connectivity index (χ3v) is 8.16. The fraction of sp³-hybridized carbons (Fsp3) is 0.458. The number of carbonyl (C=O) groups is 1. The predicted octanol–water partition coefficient (Wildman–Crippen LogP) is 3.85. The normalized spacial score (nSPS) is 25.4. The van der Waals surface area contributed by atoms with Crippen molar-refractivity contribution >= 4 is 15.9 Å². The maximum absolute atomic E-state index is 13.3. The van der Waals surface area contributed by atoms with Gasteiger partial charge in [0.2, 0.25) is 10.0 Å². The van der Waals surface area contributed by atoms with Gasteiger partial charge in [0.1, 0.15) is 6.10 Å². The molecule has 2 aromatic rings. The van der Waals surface area contributed by atoms with Crippen molar-refractivity contribution in [2.75, 3.05) is 19.6 Å². The van der Waals surface area contributed by atoms with Crippen molar-refractivity contribution in [3.05, 3.63) is 65.7 Å². The van der Waals surface area contributed by atoms with Gasteiger partial charge in [0, 0.05) is 24.7 Å². The van der Waals surface area contributed by atoms with Gasteiger partial charge in [0.05, 0.1) is 17.5 Å². The van der Waals surface area contributed by atoms with E-state index in [-0.39, 0.29) is 29.1 Å². The molecule has 0 bridgehead atoms.